The number of allylic oxidation sites excluding steroid dienone is 8. The molecule has 3 rings (SSSR count). The van der Waals surface area contributed by atoms with Gasteiger partial charge < -0.3 is 0 Å². The van der Waals surface area contributed by atoms with Crippen LogP contribution in [0.2, 0.25) is 0 Å². The number of carbonyl (C=O) groups excluding carboxylic acids is 2. The van der Waals surface area contributed by atoms with Crippen molar-refractivity contribution in [2.45, 2.75) is 33.6 Å². The van der Waals surface area contributed by atoms with Gasteiger partial charge in [0.05, 0.1) is 0 Å². The molecule has 0 amide bonds. The van der Waals surface area contributed by atoms with Crippen LogP contribution in [0, 0.1) is 23.7 Å². The van der Waals surface area contributed by atoms with Gasteiger partial charge in [-0.05, 0) is 45.8 Å². The molecule has 0 saturated heterocycles. The first kappa shape index (κ1) is 14.2. The predicted octanol–water partition coefficient (Wildman–Crippen LogP) is 3.81. The van der Waals surface area contributed by atoms with Crippen molar-refractivity contribution in [1.82, 2.24) is 0 Å². The van der Waals surface area contributed by atoms with Gasteiger partial charge in [0, 0.05) is 23.7 Å². The minimum atomic E-state index is -0.133. The minimum Gasteiger partial charge on any atom is -0.294 e. The third-order valence-corrected chi connectivity index (χ3v) is 5.04. The molecule has 1 saturated carbocycles. The Balaban J connectivity index is 1.92. The lowest BCUT2D eigenvalue weighted by Gasteiger charge is -2.15. The average molecular weight is 282 g/mol. The highest BCUT2D eigenvalue weighted by Gasteiger charge is 2.54. The molecule has 0 N–H and O–H groups in total. The minimum absolute atomic E-state index is 0.133. The topological polar surface area (TPSA) is 34.1 Å². The fraction of sp³-hybridized carbons (Fsp3) is 0.474. The summed E-state index contributed by atoms with van der Waals surface area (Å²) in [6, 6.07) is 0. The van der Waals surface area contributed by atoms with Gasteiger partial charge in [0.25, 0.3) is 0 Å². The maximum absolute atomic E-state index is 12.1. The molecule has 3 aliphatic rings. The van der Waals surface area contributed by atoms with Crippen LogP contribution in [0.5, 0.6) is 0 Å². The maximum Gasteiger partial charge on any atom is 0.160 e. The van der Waals surface area contributed by atoms with Crippen LogP contribution in [0.15, 0.2) is 47.1 Å². The van der Waals surface area contributed by atoms with Crippen molar-refractivity contribution < 1.29 is 9.59 Å². The summed E-state index contributed by atoms with van der Waals surface area (Å²) in [6.07, 6.45) is 11.7. The highest BCUT2D eigenvalue weighted by atomic mass is 16.1. The molecule has 110 valence electrons. The van der Waals surface area contributed by atoms with Crippen LogP contribution in [0.3, 0.4) is 0 Å². The first-order valence-electron chi connectivity index (χ1n) is 7.77. The van der Waals surface area contributed by atoms with Crippen LogP contribution in [-0.4, -0.2) is 11.6 Å². The first-order valence-corrected chi connectivity index (χ1v) is 7.77. The van der Waals surface area contributed by atoms with Crippen LogP contribution in [-0.2, 0) is 9.59 Å². The van der Waals surface area contributed by atoms with Crippen molar-refractivity contribution in [3.8, 4) is 0 Å². The number of hydrogen-bond acceptors (Lipinski definition) is 2. The molecule has 0 spiro atoms. The van der Waals surface area contributed by atoms with E-state index in [9.17, 15) is 9.59 Å². The monoisotopic (exact) mass is 282 g/mol. The third-order valence-electron chi connectivity index (χ3n) is 5.04. The van der Waals surface area contributed by atoms with Crippen molar-refractivity contribution in [2.75, 3.05) is 0 Å². The quantitative estimate of drug-likeness (QED) is 0.738. The summed E-state index contributed by atoms with van der Waals surface area (Å²) in [6.45, 7) is 6.39. The van der Waals surface area contributed by atoms with Crippen molar-refractivity contribution in [3.63, 3.8) is 0 Å². The van der Waals surface area contributed by atoms with Crippen molar-refractivity contribution in [2.24, 2.45) is 23.7 Å². The van der Waals surface area contributed by atoms with Gasteiger partial charge in [0.1, 0.15) is 0 Å². The first-order chi connectivity index (χ1) is 10.0. The number of ketones is 2. The molecule has 0 aromatic carbocycles. The second kappa shape index (κ2) is 5.25. The van der Waals surface area contributed by atoms with E-state index in [0.717, 1.165) is 12.8 Å². The zero-order valence-electron chi connectivity index (χ0n) is 12.9. The van der Waals surface area contributed by atoms with Gasteiger partial charge in [0.2, 0.25) is 0 Å². The van der Waals surface area contributed by atoms with Gasteiger partial charge in [-0.2, -0.15) is 0 Å². The van der Waals surface area contributed by atoms with E-state index in [1.807, 2.05) is 12.2 Å². The lowest BCUT2D eigenvalue weighted by Crippen LogP contribution is -2.24. The molecule has 0 unspecified atom stereocenters. The van der Waals surface area contributed by atoms with E-state index >= 15 is 0 Å². The maximum atomic E-state index is 12.1. The normalized spacial score (nSPS) is 35.2. The van der Waals surface area contributed by atoms with E-state index in [0.29, 0.717) is 0 Å². The molecule has 0 aromatic rings. The fourth-order valence-corrected chi connectivity index (χ4v) is 4.12. The third kappa shape index (κ3) is 2.27. The Bertz CT molecular complexity index is 573. The summed E-state index contributed by atoms with van der Waals surface area (Å²) in [7, 11) is 0. The molecule has 21 heavy (non-hydrogen) atoms. The molecular weight excluding hydrogens is 260 g/mol. The van der Waals surface area contributed by atoms with Gasteiger partial charge in [-0.15, -0.1) is 0 Å². The molecule has 1 fully saturated rings. The second-order valence-corrected chi connectivity index (χ2v) is 6.68. The Morgan fingerprint density at radius 2 is 1.52 bits per heavy atom. The van der Waals surface area contributed by atoms with Crippen molar-refractivity contribution in [3.05, 3.63) is 47.1 Å². The molecule has 0 heterocycles. The van der Waals surface area contributed by atoms with Crippen LogP contribution in [0.25, 0.3) is 0 Å². The summed E-state index contributed by atoms with van der Waals surface area (Å²) in [4.78, 5) is 24.2. The van der Waals surface area contributed by atoms with E-state index in [2.05, 4.69) is 26.8 Å². The number of rotatable bonds is 3. The largest absolute Gasteiger partial charge is 0.294 e. The van der Waals surface area contributed by atoms with E-state index in [4.69, 9.17) is 0 Å². The lowest BCUT2D eigenvalue weighted by atomic mass is 9.87. The van der Waals surface area contributed by atoms with E-state index in [1.165, 1.54) is 16.7 Å². The Morgan fingerprint density at radius 3 is 2.00 bits per heavy atom. The smallest absolute Gasteiger partial charge is 0.160 e. The summed E-state index contributed by atoms with van der Waals surface area (Å²) in [5, 5.41) is 0. The number of carbonyl (C=O) groups is 2. The van der Waals surface area contributed by atoms with Crippen LogP contribution in [0.1, 0.15) is 33.6 Å². The van der Waals surface area contributed by atoms with Gasteiger partial charge in [-0.1, -0.05) is 34.9 Å². The zero-order valence-corrected chi connectivity index (χ0v) is 12.9. The molecule has 2 heteroatoms. The highest BCUT2D eigenvalue weighted by Crippen LogP contribution is 2.54. The van der Waals surface area contributed by atoms with Crippen LogP contribution >= 0.6 is 0 Å². The van der Waals surface area contributed by atoms with E-state index in [-0.39, 0.29) is 35.2 Å². The summed E-state index contributed by atoms with van der Waals surface area (Å²) in [5.41, 5.74) is 4.02. The number of fused-ring (bicyclic) bond motifs is 3. The fourth-order valence-electron chi connectivity index (χ4n) is 4.12. The predicted molar refractivity (Wildman–Crippen MR) is 83.6 cm³/mol. The molecule has 0 aromatic heterocycles. The highest BCUT2D eigenvalue weighted by molar-refractivity contribution is 6.04. The molecule has 3 aliphatic carbocycles. The van der Waals surface area contributed by atoms with Crippen molar-refractivity contribution in [1.29, 1.82) is 0 Å². The van der Waals surface area contributed by atoms with E-state index in [1.54, 1.807) is 12.2 Å². The standard InChI is InChI=1S/C19H22O2/c1-11(2)5-4-6-12(3)17-13-7-9-15(20)18(13)19-14(17)8-10-16(19)21/h5,7-10,13-14,18-19H,4,6H2,1-3H3/t13-,14+,18+,19-. The molecule has 0 bridgehead atoms. The summed E-state index contributed by atoms with van der Waals surface area (Å²) < 4.78 is 0. The average Bonchev–Trinajstić information content (AvgIpc) is 3.03. The molecule has 4 atom stereocenters. The summed E-state index contributed by atoms with van der Waals surface area (Å²) in [5.74, 6) is 0.330. The Kier molecular flexibility index (Phi) is 3.56. The molecular formula is C19H22O2. The van der Waals surface area contributed by atoms with Gasteiger partial charge in [-0.3, -0.25) is 9.59 Å². The lowest BCUT2D eigenvalue weighted by molar-refractivity contribution is -0.126. The molecule has 2 nitrogen and oxygen atoms in total. The second-order valence-electron chi connectivity index (χ2n) is 6.68. The van der Waals surface area contributed by atoms with Gasteiger partial charge in [0.15, 0.2) is 11.6 Å². The summed E-state index contributed by atoms with van der Waals surface area (Å²) >= 11 is 0. The Labute approximate surface area is 126 Å². The Hall–Kier alpha value is -1.70. The van der Waals surface area contributed by atoms with Gasteiger partial charge >= 0.3 is 0 Å². The van der Waals surface area contributed by atoms with Crippen LogP contribution < -0.4 is 0 Å². The zero-order chi connectivity index (χ0) is 15.1. The molecule has 0 radical (unpaired) electrons. The number of hydrogen-bond donors (Lipinski definition) is 0. The van der Waals surface area contributed by atoms with Crippen LogP contribution in [0.4, 0.5) is 0 Å². The van der Waals surface area contributed by atoms with Gasteiger partial charge in [-0.25, -0.2) is 0 Å². The SMILES string of the molecule is CC(C)=CCCC(C)=C1[C@H]2C=CC(=O)[C@H]2[C@H]2C(=O)C=C[C@@H]12. The Morgan fingerprint density at radius 1 is 1.00 bits per heavy atom. The van der Waals surface area contributed by atoms with Crippen molar-refractivity contribution >= 4 is 11.6 Å². The van der Waals surface area contributed by atoms with E-state index < -0.39 is 0 Å². The molecule has 0 aliphatic heterocycles.